The van der Waals surface area contributed by atoms with Crippen LogP contribution < -0.4 is 14.2 Å². The first-order chi connectivity index (χ1) is 18.4. The van der Waals surface area contributed by atoms with Gasteiger partial charge in [0.25, 0.3) is 11.8 Å². The first-order valence-corrected chi connectivity index (χ1v) is 13.4. The maximum Gasteiger partial charge on any atom is 0.257 e. The number of hydrogen-bond acceptors (Lipinski definition) is 6. The van der Waals surface area contributed by atoms with E-state index >= 15 is 0 Å². The van der Waals surface area contributed by atoms with E-state index < -0.39 is 11.0 Å². The van der Waals surface area contributed by atoms with Crippen molar-refractivity contribution in [1.82, 2.24) is 9.62 Å². The standard InChI is InChI=1S/C29H28N2O6S/c1-31(15-16-35-2)29(33)20-5-3-6-22(17-20)37-25-8-4-7-23-24(25)13-14-26(23)36-21-11-9-19(10-12-21)27-18-28(32)30-38(27)34/h3-12,17-18,26H,13-16H2,1-2H3,(H,30,32)/t26-,38?/m1/s1. The van der Waals surface area contributed by atoms with Crippen LogP contribution in [0.3, 0.4) is 0 Å². The highest BCUT2D eigenvalue weighted by Gasteiger charge is 2.27. The number of benzene rings is 3. The maximum atomic E-state index is 12.7. The number of carbonyl (C=O) groups excluding carboxylic acids is 2. The van der Waals surface area contributed by atoms with Gasteiger partial charge < -0.3 is 19.1 Å². The molecule has 1 N–H and O–H groups in total. The number of nitrogens with zero attached hydrogens (tertiary/aromatic N) is 1. The van der Waals surface area contributed by atoms with Gasteiger partial charge in [-0.25, -0.2) is 4.21 Å². The van der Waals surface area contributed by atoms with E-state index in [1.54, 1.807) is 43.3 Å². The van der Waals surface area contributed by atoms with Crippen molar-refractivity contribution in [1.29, 1.82) is 0 Å². The average Bonchev–Trinajstić information content (AvgIpc) is 3.49. The molecule has 3 aromatic carbocycles. The number of nitrogens with one attached hydrogen (secondary N) is 1. The fraction of sp³-hybridized carbons (Fsp3) is 0.241. The third kappa shape index (κ3) is 5.49. The molecule has 3 aromatic rings. The first-order valence-electron chi connectivity index (χ1n) is 12.3. The van der Waals surface area contributed by atoms with Crippen LogP contribution in [-0.2, 0) is 26.9 Å². The Hall–Kier alpha value is -3.95. The second-order valence-corrected chi connectivity index (χ2v) is 10.3. The Morgan fingerprint density at radius 3 is 2.61 bits per heavy atom. The Labute approximate surface area is 223 Å². The van der Waals surface area contributed by atoms with E-state index in [0.717, 1.165) is 29.7 Å². The topological polar surface area (TPSA) is 94.2 Å². The SMILES string of the molecule is COCCN(C)C(=O)c1cccc(Oc2cccc3c2CC[C@H]3Oc2ccc(C3=CC(=O)NS3=O)cc2)c1. The molecule has 1 unspecified atom stereocenters. The van der Waals surface area contributed by atoms with E-state index in [9.17, 15) is 13.8 Å². The van der Waals surface area contributed by atoms with E-state index in [2.05, 4.69) is 4.72 Å². The molecule has 0 saturated carbocycles. The minimum Gasteiger partial charge on any atom is -0.486 e. The quantitative estimate of drug-likeness (QED) is 0.439. The van der Waals surface area contributed by atoms with Crippen LogP contribution in [0.2, 0.25) is 0 Å². The molecule has 196 valence electrons. The number of amides is 2. The zero-order valence-corrected chi connectivity index (χ0v) is 22.0. The first kappa shape index (κ1) is 25.7. The van der Waals surface area contributed by atoms with Crippen molar-refractivity contribution < 1.29 is 28.0 Å². The minimum atomic E-state index is -1.53. The molecule has 5 rings (SSSR count). The molecule has 0 saturated heterocycles. The molecule has 1 heterocycles. The van der Waals surface area contributed by atoms with Gasteiger partial charge in [-0.05, 0) is 60.4 Å². The predicted octanol–water partition coefficient (Wildman–Crippen LogP) is 4.40. The normalized spacial score (nSPS) is 17.9. The molecule has 2 atom stereocenters. The van der Waals surface area contributed by atoms with Crippen molar-refractivity contribution in [3.63, 3.8) is 0 Å². The number of carbonyl (C=O) groups is 2. The van der Waals surface area contributed by atoms with Crippen molar-refractivity contribution in [2.45, 2.75) is 18.9 Å². The zero-order valence-electron chi connectivity index (χ0n) is 21.1. The van der Waals surface area contributed by atoms with Gasteiger partial charge in [0.2, 0.25) is 0 Å². The number of likely N-dealkylation sites (N-methyl/N-ethyl adjacent to an activating group) is 1. The molecule has 0 radical (unpaired) electrons. The largest absolute Gasteiger partial charge is 0.486 e. The highest BCUT2D eigenvalue weighted by Crippen LogP contribution is 2.41. The van der Waals surface area contributed by atoms with Gasteiger partial charge in [0.05, 0.1) is 11.5 Å². The molecule has 38 heavy (non-hydrogen) atoms. The smallest absolute Gasteiger partial charge is 0.257 e. The van der Waals surface area contributed by atoms with E-state index in [0.29, 0.717) is 40.7 Å². The summed E-state index contributed by atoms with van der Waals surface area (Å²) in [5, 5.41) is 0. The van der Waals surface area contributed by atoms with Gasteiger partial charge in [-0.1, -0.05) is 30.3 Å². The highest BCUT2D eigenvalue weighted by molar-refractivity contribution is 7.93. The monoisotopic (exact) mass is 532 g/mol. The Balaban J connectivity index is 1.28. The fourth-order valence-electron chi connectivity index (χ4n) is 4.57. The lowest BCUT2D eigenvalue weighted by molar-refractivity contribution is -0.114. The zero-order chi connectivity index (χ0) is 26.6. The number of ether oxygens (including phenoxy) is 3. The lowest BCUT2D eigenvalue weighted by atomic mass is 10.1. The van der Waals surface area contributed by atoms with Crippen LogP contribution in [0.4, 0.5) is 0 Å². The number of hydrogen-bond donors (Lipinski definition) is 1. The highest BCUT2D eigenvalue weighted by atomic mass is 32.2. The van der Waals surface area contributed by atoms with Crippen LogP contribution >= 0.6 is 0 Å². The molecule has 9 heteroatoms. The van der Waals surface area contributed by atoms with E-state index in [1.807, 2.05) is 42.5 Å². The molecule has 8 nitrogen and oxygen atoms in total. The number of rotatable bonds is 9. The number of fused-ring (bicyclic) bond motifs is 1. The molecule has 2 aliphatic rings. The molecular formula is C29H28N2O6S. The summed E-state index contributed by atoms with van der Waals surface area (Å²) in [5.74, 6) is 1.58. The van der Waals surface area contributed by atoms with Crippen molar-refractivity contribution in [2.75, 3.05) is 27.3 Å². The Morgan fingerprint density at radius 1 is 1.08 bits per heavy atom. The molecule has 1 aliphatic carbocycles. The van der Waals surface area contributed by atoms with Crippen molar-refractivity contribution in [2.24, 2.45) is 0 Å². The van der Waals surface area contributed by atoms with E-state index in [-0.39, 0.29) is 17.9 Å². The van der Waals surface area contributed by atoms with E-state index in [4.69, 9.17) is 14.2 Å². The van der Waals surface area contributed by atoms with Gasteiger partial charge in [0, 0.05) is 37.9 Å². The Kier molecular flexibility index (Phi) is 7.57. The Bertz CT molecular complexity index is 1420. The molecular weight excluding hydrogens is 504 g/mol. The second kappa shape index (κ2) is 11.2. The van der Waals surface area contributed by atoms with Gasteiger partial charge in [-0.3, -0.25) is 14.3 Å². The summed E-state index contributed by atoms with van der Waals surface area (Å²) < 4.78 is 32.0. The summed E-state index contributed by atoms with van der Waals surface area (Å²) in [5.41, 5.74) is 3.41. The predicted molar refractivity (Wildman–Crippen MR) is 144 cm³/mol. The lowest BCUT2D eigenvalue weighted by Gasteiger charge is -2.18. The van der Waals surface area contributed by atoms with Crippen LogP contribution in [0, 0.1) is 0 Å². The lowest BCUT2D eigenvalue weighted by Crippen LogP contribution is -2.29. The van der Waals surface area contributed by atoms with Crippen LogP contribution in [0.5, 0.6) is 17.2 Å². The summed E-state index contributed by atoms with van der Waals surface area (Å²) in [6, 6.07) is 20.3. The fourth-order valence-corrected chi connectivity index (χ4v) is 5.49. The molecule has 0 spiro atoms. The molecule has 0 aromatic heterocycles. The number of methoxy groups -OCH3 is 1. The van der Waals surface area contributed by atoms with Gasteiger partial charge in [-0.15, -0.1) is 0 Å². The van der Waals surface area contributed by atoms with Crippen molar-refractivity contribution >= 4 is 27.7 Å². The van der Waals surface area contributed by atoms with Gasteiger partial charge in [0.1, 0.15) is 23.4 Å². The summed E-state index contributed by atoms with van der Waals surface area (Å²) in [6.07, 6.45) is 2.82. The molecule has 0 fully saturated rings. The van der Waals surface area contributed by atoms with Gasteiger partial charge >= 0.3 is 0 Å². The second-order valence-electron chi connectivity index (χ2n) is 9.09. The van der Waals surface area contributed by atoms with Crippen LogP contribution in [0.15, 0.2) is 72.8 Å². The van der Waals surface area contributed by atoms with Crippen molar-refractivity contribution in [3.8, 4) is 17.2 Å². The van der Waals surface area contributed by atoms with Crippen LogP contribution in [0.25, 0.3) is 4.91 Å². The third-order valence-electron chi connectivity index (χ3n) is 6.53. The van der Waals surface area contributed by atoms with Crippen molar-refractivity contribution in [3.05, 3.63) is 95.1 Å². The van der Waals surface area contributed by atoms with Gasteiger partial charge in [0.15, 0.2) is 11.0 Å². The summed E-state index contributed by atoms with van der Waals surface area (Å²) in [7, 11) is 1.83. The third-order valence-corrected chi connectivity index (χ3v) is 7.67. The van der Waals surface area contributed by atoms with E-state index in [1.165, 1.54) is 6.08 Å². The summed E-state index contributed by atoms with van der Waals surface area (Å²) in [6.45, 7) is 0.977. The Morgan fingerprint density at radius 2 is 1.87 bits per heavy atom. The molecule has 2 amide bonds. The molecule has 0 bridgehead atoms. The minimum absolute atomic E-state index is 0.0939. The average molecular weight is 533 g/mol. The summed E-state index contributed by atoms with van der Waals surface area (Å²) >= 11 is 0. The maximum absolute atomic E-state index is 12.7. The van der Waals surface area contributed by atoms with Crippen LogP contribution in [-0.4, -0.2) is 48.2 Å². The van der Waals surface area contributed by atoms with Gasteiger partial charge in [-0.2, -0.15) is 0 Å². The van der Waals surface area contributed by atoms with Crippen LogP contribution in [0.1, 0.15) is 39.6 Å². The molecule has 1 aliphatic heterocycles. The summed E-state index contributed by atoms with van der Waals surface area (Å²) in [4.78, 5) is 26.3.